The van der Waals surface area contributed by atoms with E-state index in [2.05, 4.69) is 15.7 Å². The van der Waals surface area contributed by atoms with E-state index in [1.165, 1.54) is 0 Å². The minimum absolute atomic E-state index is 0.0198. The van der Waals surface area contributed by atoms with Gasteiger partial charge in [-0.25, -0.2) is 0 Å². The van der Waals surface area contributed by atoms with Crippen molar-refractivity contribution in [3.8, 4) is 0 Å². The zero-order valence-electron chi connectivity index (χ0n) is 17.5. The van der Waals surface area contributed by atoms with Crippen molar-refractivity contribution in [3.63, 3.8) is 0 Å². The lowest BCUT2D eigenvalue weighted by atomic mass is 10.1. The normalized spacial score (nSPS) is 10.5. The molecule has 1 heterocycles. The van der Waals surface area contributed by atoms with Crippen LogP contribution in [0.4, 0.5) is 11.4 Å². The molecule has 9 nitrogen and oxygen atoms in total. The lowest BCUT2D eigenvalue weighted by Gasteiger charge is -2.11. The minimum Gasteiger partial charge on any atom is -0.359 e. The van der Waals surface area contributed by atoms with Crippen LogP contribution in [0.25, 0.3) is 0 Å². The van der Waals surface area contributed by atoms with E-state index in [1.54, 1.807) is 68.0 Å². The number of carbonyl (C=O) groups excluding carboxylic acids is 2. The highest BCUT2D eigenvalue weighted by atomic mass is 16.6. The second kappa shape index (κ2) is 9.21. The third kappa shape index (κ3) is 4.95. The number of anilines is 1. The van der Waals surface area contributed by atoms with Crippen LogP contribution < -0.4 is 10.6 Å². The largest absolute Gasteiger partial charge is 0.359 e. The van der Waals surface area contributed by atoms with Gasteiger partial charge in [0.05, 0.1) is 17.9 Å². The predicted molar refractivity (Wildman–Crippen MR) is 116 cm³/mol. The minimum atomic E-state index is -0.427. The third-order valence-corrected chi connectivity index (χ3v) is 4.97. The molecule has 31 heavy (non-hydrogen) atoms. The molecule has 3 aromatic rings. The number of rotatable bonds is 7. The first-order valence-electron chi connectivity index (χ1n) is 9.67. The van der Waals surface area contributed by atoms with Gasteiger partial charge in [-0.1, -0.05) is 30.3 Å². The molecule has 160 valence electrons. The molecule has 0 radical (unpaired) electrons. The first-order chi connectivity index (χ1) is 14.8. The smallest absolute Gasteiger partial charge is 0.312 e. The Morgan fingerprint density at radius 3 is 2.39 bits per heavy atom. The Kier molecular flexibility index (Phi) is 6.44. The van der Waals surface area contributed by atoms with Crippen LogP contribution in [0.1, 0.15) is 32.9 Å². The Bertz CT molecular complexity index is 1140. The number of nitrogens with zero attached hydrogens (tertiary/aromatic N) is 3. The summed E-state index contributed by atoms with van der Waals surface area (Å²) in [5.74, 6) is -0.437. The molecule has 0 saturated heterocycles. The number of hydrogen-bond acceptors (Lipinski definition) is 5. The molecule has 9 heteroatoms. The van der Waals surface area contributed by atoms with Crippen LogP contribution in [0, 0.1) is 24.0 Å². The van der Waals surface area contributed by atoms with Crippen LogP contribution in [-0.2, 0) is 17.8 Å². The molecule has 3 rings (SSSR count). The van der Waals surface area contributed by atoms with E-state index in [0.717, 1.165) is 11.1 Å². The third-order valence-electron chi connectivity index (χ3n) is 4.97. The monoisotopic (exact) mass is 421 g/mol. The second-order valence-corrected chi connectivity index (χ2v) is 7.09. The molecule has 0 aliphatic rings. The average molecular weight is 421 g/mol. The van der Waals surface area contributed by atoms with Crippen molar-refractivity contribution in [2.75, 3.05) is 12.4 Å². The van der Waals surface area contributed by atoms with Crippen molar-refractivity contribution < 1.29 is 14.5 Å². The molecule has 2 amide bonds. The van der Waals surface area contributed by atoms with Crippen LogP contribution >= 0.6 is 0 Å². The van der Waals surface area contributed by atoms with Crippen LogP contribution in [0.2, 0.25) is 0 Å². The summed E-state index contributed by atoms with van der Waals surface area (Å²) in [6.45, 7) is 3.63. The molecule has 0 unspecified atom stereocenters. The fraction of sp³-hybridized carbons (Fsp3) is 0.227. The topological polar surface area (TPSA) is 119 Å². The number of likely N-dealkylation sites (N-methyl/N-ethyl adjacent to an activating group) is 1. The van der Waals surface area contributed by atoms with E-state index in [0.29, 0.717) is 29.2 Å². The summed E-state index contributed by atoms with van der Waals surface area (Å²) in [7, 11) is 1.56. The molecule has 1 aromatic heterocycles. The first kappa shape index (κ1) is 21.7. The van der Waals surface area contributed by atoms with E-state index in [4.69, 9.17) is 0 Å². The Balaban J connectivity index is 1.73. The Labute approximate surface area is 179 Å². The van der Waals surface area contributed by atoms with Crippen LogP contribution in [0.15, 0.2) is 48.5 Å². The Morgan fingerprint density at radius 2 is 1.77 bits per heavy atom. The van der Waals surface area contributed by atoms with Crippen LogP contribution in [-0.4, -0.2) is 33.6 Å². The van der Waals surface area contributed by atoms with E-state index < -0.39 is 4.92 Å². The summed E-state index contributed by atoms with van der Waals surface area (Å²) >= 11 is 0. The molecule has 2 aromatic carbocycles. The maximum atomic E-state index is 12.7. The number of para-hydroxylation sites is 1. The first-order valence-corrected chi connectivity index (χ1v) is 9.67. The summed E-state index contributed by atoms with van der Waals surface area (Å²) in [6, 6.07) is 14.1. The quantitative estimate of drug-likeness (QED) is 0.449. The van der Waals surface area contributed by atoms with Crippen molar-refractivity contribution in [2.45, 2.75) is 26.8 Å². The van der Waals surface area contributed by atoms with E-state index in [1.807, 2.05) is 6.07 Å². The van der Waals surface area contributed by atoms with Gasteiger partial charge in [0, 0.05) is 18.3 Å². The number of hydrogen-bond donors (Lipinski definition) is 2. The molecular formula is C22H23N5O4. The van der Waals surface area contributed by atoms with Gasteiger partial charge in [0.25, 0.3) is 5.91 Å². The highest BCUT2D eigenvalue weighted by molar-refractivity contribution is 6.05. The number of amides is 2. The average Bonchev–Trinajstić information content (AvgIpc) is 3.02. The van der Waals surface area contributed by atoms with Gasteiger partial charge in [-0.3, -0.25) is 24.4 Å². The van der Waals surface area contributed by atoms with Gasteiger partial charge in [0.1, 0.15) is 11.4 Å². The molecule has 0 saturated carbocycles. The lowest BCUT2D eigenvalue weighted by Crippen LogP contribution is -2.21. The van der Waals surface area contributed by atoms with Gasteiger partial charge in [0.15, 0.2) is 0 Å². The Morgan fingerprint density at radius 1 is 1.10 bits per heavy atom. The van der Waals surface area contributed by atoms with Gasteiger partial charge in [-0.05, 0) is 43.2 Å². The molecule has 2 N–H and O–H groups in total. The zero-order valence-corrected chi connectivity index (χ0v) is 17.5. The highest BCUT2D eigenvalue weighted by Gasteiger charge is 2.21. The number of aryl methyl sites for hydroxylation is 1. The fourth-order valence-electron chi connectivity index (χ4n) is 3.29. The van der Waals surface area contributed by atoms with Crippen molar-refractivity contribution in [1.82, 2.24) is 15.1 Å². The number of carbonyl (C=O) groups is 2. The lowest BCUT2D eigenvalue weighted by molar-refractivity contribution is -0.386. The summed E-state index contributed by atoms with van der Waals surface area (Å²) in [4.78, 5) is 35.1. The number of benzene rings is 2. The maximum absolute atomic E-state index is 12.7. The molecule has 0 fully saturated rings. The molecular weight excluding hydrogens is 398 g/mol. The molecule has 0 bridgehead atoms. The summed E-state index contributed by atoms with van der Waals surface area (Å²) in [5.41, 5.74) is 3.49. The molecule has 0 spiro atoms. The second-order valence-electron chi connectivity index (χ2n) is 7.09. The highest BCUT2D eigenvalue weighted by Crippen LogP contribution is 2.23. The van der Waals surface area contributed by atoms with E-state index in [9.17, 15) is 19.7 Å². The SMILES string of the molecule is CNC(=O)Cc1ccccc1NC(=O)c1ccc(Cn2nc(C)c([N+](=O)[O-])c2C)cc1. The summed E-state index contributed by atoms with van der Waals surface area (Å²) in [5, 5.41) is 20.8. The van der Waals surface area contributed by atoms with Gasteiger partial charge in [-0.2, -0.15) is 5.10 Å². The number of nitrogens with one attached hydrogen (secondary N) is 2. The van der Waals surface area contributed by atoms with Crippen molar-refractivity contribution in [1.29, 1.82) is 0 Å². The van der Waals surface area contributed by atoms with Crippen molar-refractivity contribution in [2.24, 2.45) is 0 Å². The molecule has 0 aliphatic heterocycles. The predicted octanol–water partition coefficient (Wildman–Crippen LogP) is 3.00. The Hall–Kier alpha value is -4.01. The molecule has 0 aliphatic carbocycles. The van der Waals surface area contributed by atoms with Crippen LogP contribution in [0.5, 0.6) is 0 Å². The summed E-state index contributed by atoms with van der Waals surface area (Å²) in [6.07, 6.45) is 0.167. The number of aromatic nitrogens is 2. The van der Waals surface area contributed by atoms with Crippen molar-refractivity contribution in [3.05, 3.63) is 86.7 Å². The van der Waals surface area contributed by atoms with Gasteiger partial charge < -0.3 is 10.6 Å². The van der Waals surface area contributed by atoms with Crippen LogP contribution in [0.3, 0.4) is 0 Å². The van der Waals surface area contributed by atoms with E-state index in [-0.39, 0.29) is 23.9 Å². The van der Waals surface area contributed by atoms with Gasteiger partial charge in [0.2, 0.25) is 5.91 Å². The number of nitro groups is 1. The maximum Gasteiger partial charge on any atom is 0.312 e. The van der Waals surface area contributed by atoms with E-state index >= 15 is 0 Å². The standard InChI is InChI=1S/C22H23N5O4/c1-14-21(27(30)31)15(2)26(25-14)13-16-8-10-17(11-9-16)22(29)24-19-7-5-4-6-18(19)12-20(28)23-3/h4-11H,12-13H2,1-3H3,(H,23,28)(H,24,29). The zero-order chi connectivity index (χ0) is 22.5. The van der Waals surface area contributed by atoms with Gasteiger partial charge in [-0.15, -0.1) is 0 Å². The van der Waals surface area contributed by atoms with Gasteiger partial charge >= 0.3 is 5.69 Å². The van der Waals surface area contributed by atoms with Crippen molar-refractivity contribution >= 4 is 23.2 Å². The fourth-order valence-corrected chi connectivity index (χ4v) is 3.29. The summed E-state index contributed by atoms with van der Waals surface area (Å²) < 4.78 is 1.58. The molecule has 0 atom stereocenters.